The van der Waals surface area contributed by atoms with Gasteiger partial charge in [-0.3, -0.25) is 9.59 Å². The molecule has 0 spiro atoms. The zero-order valence-electron chi connectivity index (χ0n) is 10.9. The minimum Gasteiger partial charge on any atom is -0.375 e. The number of aliphatic hydroxyl groups is 1. The van der Waals surface area contributed by atoms with Gasteiger partial charge in [0.1, 0.15) is 5.78 Å². The number of amides is 1. The summed E-state index contributed by atoms with van der Waals surface area (Å²) in [5, 5.41) is 13.6. The van der Waals surface area contributed by atoms with E-state index in [1.165, 1.54) is 0 Å². The van der Waals surface area contributed by atoms with Crippen molar-refractivity contribution in [2.45, 2.75) is 38.2 Å². The second-order valence-electron chi connectivity index (χ2n) is 5.48. The van der Waals surface area contributed by atoms with Crippen LogP contribution in [0.15, 0.2) is 18.2 Å². The maximum absolute atomic E-state index is 12.2. The number of hydrogen-bond donors (Lipinski definition) is 2. The van der Waals surface area contributed by atoms with E-state index < -0.39 is 17.4 Å². The molecule has 0 bridgehead atoms. The molecule has 1 aromatic rings. The molecule has 1 aliphatic heterocycles. The van der Waals surface area contributed by atoms with Gasteiger partial charge >= 0.3 is 0 Å². The average molecular weight is 259 g/mol. The van der Waals surface area contributed by atoms with Crippen molar-refractivity contribution in [1.82, 2.24) is 0 Å². The summed E-state index contributed by atoms with van der Waals surface area (Å²) in [5.41, 5.74) is 0.440. The van der Waals surface area contributed by atoms with Crippen molar-refractivity contribution in [3.8, 4) is 0 Å². The number of fused-ring (bicyclic) bond motifs is 1. The molecule has 1 fully saturated rings. The number of carbonyl (C=O) groups excluding carboxylic acids is 2. The summed E-state index contributed by atoms with van der Waals surface area (Å²) in [6.45, 7) is 1.88. The molecule has 19 heavy (non-hydrogen) atoms. The normalized spacial score (nSPS) is 30.1. The summed E-state index contributed by atoms with van der Waals surface area (Å²) in [6.07, 6.45) is 2.78. The Kier molecular flexibility index (Phi) is 2.71. The van der Waals surface area contributed by atoms with Crippen LogP contribution in [-0.4, -0.2) is 16.8 Å². The molecular formula is C15H17NO3. The Labute approximate surface area is 111 Å². The monoisotopic (exact) mass is 259 g/mol. The lowest BCUT2D eigenvalue weighted by Crippen LogP contribution is -2.46. The van der Waals surface area contributed by atoms with Crippen LogP contribution in [0.25, 0.3) is 0 Å². The van der Waals surface area contributed by atoms with Gasteiger partial charge in [-0.15, -0.1) is 0 Å². The topological polar surface area (TPSA) is 66.4 Å². The molecule has 0 saturated heterocycles. The Bertz CT molecular complexity index is 567. The minimum atomic E-state index is -1.68. The van der Waals surface area contributed by atoms with Crippen molar-refractivity contribution < 1.29 is 14.7 Å². The van der Waals surface area contributed by atoms with Gasteiger partial charge in [0.2, 0.25) is 0 Å². The van der Waals surface area contributed by atoms with Gasteiger partial charge in [-0.2, -0.15) is 0 Å². The molecule has 2 aliphatic rings. The van der Waals surface area contributed by atoms with E-state index in [1.807, 2.05) is 19.1 Å². The third kappa shape index (κ3) is 1.63. The molecule has 1 saturated carbocycles. The van der Waals surface area contributed by atoms with E-state index in [4.69, 9.17) is 0 Å². The van der Waals surface area contributed by atoms with Crippen LogP contribution in [0.3, 0.4) is 0 Å². The fraction of sp³-hybridized carbons (Fsp3) is 0.467. The van der Waals surface area contributed by atoms with Crippen LogP contribution in [0.4, 0.5) is 5.69 Å². The van der Waals surface area contributed by atoms with Crippen molar-refractivity contribution >= 4 is 17.4 Å². The molecule has 2 atom stereocenters. The second kappa shape index (κ2) is 4.17. The molecule has 1 amide bonds. The maximum atomic E-state index is 12.2. The van der Waals surface area contributed by atoms with Crippen molar-refractivity contribution in [3.63, 3.8) is 0 Å². The summed E-state index contributed by atoms with van der Waals surface area (Å²) in [7, 11) is 0. The Balaban J connectivity index is 2.12. The number of aryl methyl sites for hydroxylation is 1. The highest BCUT2D eigenvalue weighted by atomic mass is 16.3. The van der Waals surface area contributed by atoms with Crippen LogP contribution in [0, 0.1) is 12.8 Å². The van der Waals surface area contributed by atoms with Crippen LogP contribution in [0.5, 0.6) is 0 Å². The van der Waals surface area contributed by atoms with Crippen LogP contribution in [-0.2, 0) is 15.2 Å². The van der Waals surface area contributed by atoms with E-state index in [0.29, 0.717) is 24.1 Å². The first-order valence-electron chi connectivity index (χ1n) is 6.72. The maximum Gasteiger partial charge on any atom is 0.261 e. The average Bonchev–Trinajstić information content (AvgIpc) is 2.65. The standard InChI is InChI=1S/C15H17NO3/c1-9-5-4-7-11-13(9)16-14(18)15(11,19)10-6-2-3-8-12(10)17/h4-5,7,10,19H,2-3,6,8H2,1H3,(H,16,18). The summed E-state index contributed by atoms with van der Waals surface area (Å²) in [4.78, 5) is 24.3. The molecule has 1 heterocycles. The van der Waals surface area contributed by atoms with E-state index in [1.54, 1.807) is 6.07 Å². The third-order valence-electron chi connectivity index (χ3n) is 4.33. The molecule has 2 N–H and O–H groups in total. The number of hydrogen-bond acceptors (Lipinski definition) is 3. The molecular weight excluding hydrogens is 242 g/mol. The van der Waals surface area contributed by atoms with E-state index in [-0.39, 0.29) is 5.78 Å². The van der Waals surface area contributed by atoms with Crippen molar-refractivity contribution in [1.29, 1.82) is 0 Å². The van der Waals surface area contributed by atoms with Crippen molar-refractivity contribution in [3.05, 3.63) is 29.3 Å². The van der Waals surface area contributed by atoms with Gasteiger partial charge in [-0.25, -0.2) is 0 Å². The lowest BCUT2D eigenvalue weighted by atomic mass is 9.73. The largest absolute Gasteiger partial charge is 0.375 e. The van der Waals surface area contributed by atoms with E-state index in [2.05, 4.69) is 5.32 Å². The van der Waals surface area contributed by atoms with Gasteiger partial charge in [0, 0.05) is 12.0 Å². The lowest BCUT2D eigenvalue weighted by molar-refractivity contribution is -0.150. The molecule has 0 aromatic heterocycles. The minimum absolute atomic E-state index is 0.00161. The Morgan fingerprint density at radius 2 is 2.11 bits per heavy atom. The van der Waals surface area contributed by atoms with Gasteiger partial charge in [-0.1, -0.05) is 24.6 Å². The van der Waals surface area contributed by atoms with Crippen LogP contribution >= 0.6 is 0 Å². The number of nitrogens with one attached hydrogen (secondary N) is 1. The molecule has 1 aliphatic carbocycles. The van der Waals surface area contributed by atoms with Gasteiger partial charge in [-0.05, 0) is 25.3 Å². The first kappa shape index (κ1) is 12.4. The first-order chi connectivity index (χ1) is 9.05. The van der Waals surface area contributed by atoms with Gasteiger partial charge in [0.05, 0.1) is 11.6 Å². The predicted molar refractivity (Wildman–Crippen MR) is 70.7 cm³/mol. The van der Waals surface area contributed by atoms with Gasteiger partial charge in [0.25, 0.3) is 5.91 Å². The molecule has 100 valence electrons. The zero-order valence-corrected chi connectivity index (χ0v) is 10.9. The van der Waals surface area contributed by atoms with Gasteiger partial charge < -0.3 is 10.4 Å². The lowest BCUT2D eigenvalue weighted by Gasteiger charge is -2.32. The summed E-state index contributed by atoms with van der Waals surface area (Å²) < 4.78 is 0. The molecule has 1 aromatic carbocycles. The fourth-order valence-electron chi connectivity index (χ4n) is 3.25. The number of anilines is 1. The SMILES string of the molecule is Cc1cccc2c1NC(=O)C2(O)C1CCCCC1=O. The van der Waals surface area contributed by atoms with E-state index >= 15 is 0 Å². The van der Waals surface area contributed by atoms with E-state index in [9.17, 15) is 14.7 Å². The van der Waals surface area contributed by atoms with E-state index in [0.717, 1.165) is 18.4 Å². The molecule has 3 rings (SSSR count). The predicted octanol–water partition coefficient (Wildman–Crippen LogP) is 1.89. The Morgan fingerprint density at radius 1 is 1.32 bits per heavy atom. The fourth-order valence-corrected chi connectivity index (χ4v) is 3.25. The second-order valence-corrected chi connectivity index (χ2v) is 5.48. The zero-order chi connectivity index (χ0) is 13.6. The third-order valence-corrected chi connectivity index (χ3v) is 4.33. The first-order valence-corrected chi connectivity index (χ1v) is 6.72. The highest BCUT2D eigenvalue weighted by molar-refractivity contribution is 6.08. The number of carbonyl (C=O) groups is 2. The summed E-state index contributed by atoms with van der Waals surface area (Å²) in [6, 6.07) is 5.43. The van der Waals surface area contributed by atoms with Crippen LogP contribution < -0.4 is 5.32 Å². The van der Waals surface area contributed by atoms with Gasteiger partial charge in [0.15, 0.2) is 5.60 Å². The molecule has 0 radical (unpaired) electrons. The smallest absolute Gasteiger partial charge is 0.261 e. The Hall–Kier alpha value is -1.68. The number of para-hydroxylation sites is 1. The van der Waals surface area contributed by atoms with Crippen LogP contribution in [0.1, 0.15) is 36.8 Å². The molecule has 4 heteroatoms. The highest BCUT2D eigenvalue weighted by Gasteiger charge is 2.54. The molecule has 4 nitrogen and oxygen atoms in total. The quantitative estimate of drug-likeness (QED) is 0.809. The molecule has 2 unspecified atom stereocenters. The van der Waals surface area contributed by atoms with Crippen LogP contribution in [0.2, 0.25) is 0 Å². The summed E-state index contributed by atoms with van der Waals surface area (Å²) in [5.74, 6) is -1.07. The number of benzene rings is 1. The summed E-state index contributed by atoms with van der Waals surface area (Å²) >= 11 is 0. The highest BCUT2D eigenvalue weighted by Crippen LogP contribution is 2.46. The number of ketones is 1. The van der Waals surface area contributed by atoms with Crippen molar-refractivity contribution in [2.24, 2.45) is 5.92 Å². The number of rotatable bonds is 1. The number of Topliss-reactive ketones (excluding diaryl/α,β-unsaturated/α-hetero) is 1. The van der Waals surface area contributed by atoms with Crippen molar-refractivity contribution in [2.75, 3.05) is 5.32 Å². The Morgan fingerprint density at radius 3 is 2.84 bits per heavy atom.